The molecule has 0 heterocycles. The lowest BCUT2D eigenvalue weighted by molar-refractivity contribution is -0.137. The fraction of sp³-hybridized carbons (Fsp3) is 0.333. The van der Waals surface area contributed by atoms with E-state index in [1.807, 2.05) is 6.07 Å². The molecule has 2 atom stereocenters. The minimum absolute atomic E-state index is 0.164. The summed E-state index contributed by atoms with van der Waals surface area (Å²) in [5.74, 6) is -1.33. The molecule has 5 heteroatoms. The number of hydrogen-bond acceptors (Lipinski definition) is 3. The van der Waals surface area contributed by atoms with E-state index in [9.17, 15) is 9.59 Å². The third-order valence-corrected chi connectivity index (χ3v) is 2.31. The van der Waals surface area contributed by atoms with Gasteiger partial charge in [-0.15, -0.1) is 0 Å². The number of aliphatic carboxylic acids is 1. The molecule has 17 heavy (non-hydrogen) atoms. The lowest BCUT2D eigenvalue weighted by Crippen LogP contribution is -2.40. The Bertz CT molecular complexity index is 390. The Kier molecular flexibility index (Phi) is 4.66. The van der Waals surface area contributed by atoms with E-state index in [1.54, 1.807) is 31.2 Å². The van der Waals surface area contributed by atoms with Gasteiger partial charge < -0.3 is 16.2 Å². The standard InChI is InChI=1S/C12H16N2O3/c1-8(13)12(17)14-10(7-11(15)16)9-5-3-2-4-6-9/h2-6,8,10H,7,13H2,1H3,(H,14,17)(H,15,16). The maximum Gasteiger partial charge on any atom is 0.305 e. The van der Waals surface area contributed by atoms with E-state index in [4.69, 9.17) is 10.8 Å². The van der Waals surface area contributed by atoms with Gasteiger partial charge in [-0.3, -0.25) is 9.59 Å². The molecule has 5 nitrogen and oxygen atoms in total. The summed E-state index contributed by atoms with van der Waals surface area (Å²) < 4.78 is 0. The molecule has 2 unspecified atom stereocenters. The maximum atomic E-state index is 11.5. The fourth-order valence-corrected chi connectivity index (χ4v) is 1.42. The van der Waals surface area contributed by atoms with Crippen LogP contribution in [0.15, 0.2) is 30.3 Å². The van der Waals surface area contributed by atoms with Crippen LogP contribution < -0.4 is 11.1 Å². The molecule has 0 aliphatic rings. The molecular formula is C12H16N2O3. The molecule has 0 aromatic heterocycles. The predicted molar refractivity (Wildman–Crippen MR) is 63.2 cm³/mol. The highest BCUT2D eigenvalue weighted by Gasteiger charge is 2.19. The van der Waals surface area contributed by atoms with Crippen molar-refractivity contribution in [3.63, 3.8) is 0 Å². The van der Waals surface area contributed by atoms with Gasteiger partial charge in [0.05, 0.1) is 18.5 Å². The third kappa shape index (κ3) is 4.24. The van der Waals surface area contributed by atoms with Crippen LogP contribution in [0.2, 0.25) is 0 Å². The number of nitrogens with one attached hydrogen (secondary N) is 1. The highest BCUT2D eigenvalue weighted by Crippen LogP contribution is 2.16. The maximum absolute atomic E-state index is 11.5. The van der Waals surface area contributed by atoms with E-state index in [0.29, 0.717) is 0 Å². The average Bonchev–Trinajstić information content (AvgIpc) is 2.28. The molecular weight excluding hydrogens is 220 g/mol. The highest BCUT2D eigenvalue weighted by molar-refractivity contribution is 5.82. The van der Waals surface area contributed by atoms with Crippen LogP contribution in [-0.2, 0) is 9.59 Å². The van der Waals surface area contributed by atoms with Gasteiger partial charge in [0.25, 0.3) is 0 Å². The fourth-order valence-electron chi connectivity index (χ4n) is 1.42. The second-order valence-corrected chi connectivity index (χ2v) is 3.86. The molecule has 92 valence electrons. The number of amides is 1. The SMILES string of the molecule is CC(N)C(=O)NC(CC(=O)O)c1ccccc1. The average molecular weight is 236 g/mol. The molecule has 0 radical (unpaired) electrons. The van der Waals surface area contributed by atoms with Gasteiger partial charge in [0.2, 0.25) is 5.91 Å². The van der Waals surface area contributed by atoms with Gasteiger partial charge in [-0.2, -0.15) is 0 Å². The first-order valence-electron chi connectivity index (χ1n) is 5.33. The van der Waals surface area contributed by atoms with Crippen LogP contribution >= 0.6 is 0 Å². The highest BCUT2D eigenvalue weighted by atomic mass is 16.4. The monoisotopic (exact) mass is 236 g/mol. The first-order chi connectivity index (χ1) is 8.00. The van der Waals surface area contributed by atoms with Crippen molar-refractivity contribution in [3.05, 3.63) is 35.9 Å². The largest absolute Gasteiger partial charge is 0.481 e. The van der Waals surface area contributed by atoms with Gasteiger partial charge in [-0.25, -0.2) is 0 Å². The van der Waals surface area contributed by atoms with Crippen molar-refractivity contribution in [2.24, 2.45) is 5.73 Å². The van der Waals surface area contributed by atoms with E-state index in [-0.39, 0.29) is 12.3 Å². The number of rotatable bonds is 5. The second-order valence-electron chi connectivity index (χ2n) is 3.86. The molecule has 1 aromatic carbocycles. The van der Waals surface area contributed by atoms with Crippen molar-refractivity contribution >= 4 is 11.9 Å². The van der Waals surface area contributed by atoms with E-state index in [2.05, 4.69) is 5.32 Å². The molecule has 0 aliphatic carbocycles. The Balaban J connectivity index is 2.81. The van der Waals surface area contributed by atoms with Crippen molar-refractivity contribution < 1.29 is 14.7 Å². The van der Waals surface area contributed by atoms with Gasteiger partial charge in [0.15, 0.2) is 0 Å². The first-order valence-corrected chi connectivity index (χ1v) is 5.33. The summed E-state index contributed by atoms with van der Waals surface area (Å²) in [7, 11) is 0. The minimum Gasteiger partial charge on any atom is -0.481 e. The molecule has 1 amide bonds. The number of hydrogen-bond donors (Lipinski definition) is 3. The molecule has 0 saturated heterocycles. The van der Waals surface area contributed by atoms with Gasteiger partial charge in [-0.1, -0.05) is 30.3 Å². The summed E-state index contributed by atoms with van der Waals surface area (Å²) in [5, 5.41) is 11.4. The first kappa shape index (κ1) is 13.2. The van der Waals surface area contributed by atoms with Crippen LogP contribution in [0.4, 0.5) is 0 Å². The minimum atomic E-state index is -0.969. The third-order valence-electron chi connectivity index (χ3n) is 2.31. The number of benzene rings is 1. The van der Waals surface area contributed by atoms with Crippen molar-refractivity contribution in [2.75, 3.05) is 0 Å². The quantitative estimate of drug-likeness (QED) is 0.700. The number of carboxylic acid groups (broad SMARTS) is 1. The van der Waals surface area contributed by atoms with E-state index >= 15 is 0 Å². The zero-order chi connectivity index (χ0) is 12.8. The molecule has 0 aliphatic heterocycles. The van der Waals surface area contributed by atoms with Crippen LogP contribution in [0, 0.1) is 0 Å². The van der Waals surface area contributed by atoms with Crippen LogP contribution in [0.5, 0.6) is 0 Å². The smallest absolute Gasteiger partial charge is 0.305 e. The van der Waals surface area contributed by atoms with Gasteiger partial charge in [0, 0.05) is 0 Å². The molecule has 0 saturated carbocycles. The number of carboxylic acids is 1. The zero-order valence-corrected chi connectivity index (χ0v) is 9.59. The summed E-state index contributed by atoms with van der Waals surface area (Å²) in [6, 6.07) is 7.76. The molecule has 0 bridgehead atoms. The van der Waals surface area contributed by atoms with Crippen molar-refractivity contribution in [1.82, 2.24) is 5.32 Å². The van der Waals surface area contributed by atoms with Crippen LogP contribution in [-0.4, -0.2) is 23.0 Å². The molecule has 1 aromatic rings. The van der Waals surface area contributed by atoms with Crippen molar-refractivity contribution in [2.45, 2.75) is 25.4 Å². The van der Waals surface area contributed by atoms with E-state index in [0.717, 1.165) is 5.56 Å². The van der Waals surface area contributed by atoms with Crippen LogP contribution in [0.25, 0.3) is 0 Å². The Morgan fingerprint density at radius 1 is 1.35 bits per heavy atom. The molecule has 0 fully saturated rings. The summed E-state index contributed by atoms with van der Waals surface area (Å²) in [4.78, 5) is 22.2. The topological polar surface area (TPSA) is 92.4 Å². The summed E-state index contributed by atoms with van der Waals surface area (Å²) in [6.07, 6.45) is -0.164. The Hall–Kier alpha value is -1.88. The van der Waals surface area contributed by atoms with Crippen molar-refractivity contribution in [3.8, 4) is 0 Å². The van der Waals surface area contributed by atoms with E-state index in [1.165, 1.54) is 0 Å². The molecule has 1 rings (SSSR count). The molecule has 0 spiro atoms. The number of nitrogens with two attached hydrogens (primary N) is 1. The number of carbonyl (C=O) groups excluding carboxylic acids is 1. The summed E-state index contributed by atoms with van der Waals surface area (Å²) >= 11 is 0. The summed E-state index contributed by atoms with van der Waals surface area (Å²) in [5.41, 5.74) is 6.19. The second kappa shape index (κ2) is 6.00. The zero-order valence-electron chi connectivity index (χ0n) is 9.59. The van der Waals surface area contributed by atoms with Gasteiger partial charge in [0.1, 0.15) is 0 Å². The van der Waals surface area contributed by atoms with Gasteiger partial charge in [-0.05, 0) is 12.5 Å². The predicted octanol–water partition coefficient (Wildman–Crippen LogP) is 0.666. The Morgan fingerprint density at radius 2 is 1.94 bits per heavy atom. The molecule has 4 N–H and O–H groups in total. The summed E-state index contributed by atoms with van der Waals surface area (Å²) in [6.45, 7) is 1.55. The van der Waals surface area contributed by atoms with E-state index < -0.39 is 18.1 Å². The number of carbonyl (C=O) groups is 2. The van der Waals surface area contributed by atoms with Gasteiger partial charge >= 0.3 is 5.97 Å². The normalized spacial score (nSPS) is 13.8. The van der Waals surface area contributed by atoms with Crippen LogP contribution in [0.3, 0.4) is 0 Å². The Morgan fingerprint density at radius 3 is 2.41 bits per heavy atom. The Labute approximate surface area is 99.6 Å². The van der Waals surface area contributed by atoms with Crippen molar-refractivity contribution in [1.29, 1.82) is 0 Å². The lowest BCUT2D eigenvalue weighted by atomic mass is 10.0. The van der Waals surface area contributed by atoms with Crippen LogP contribution in [0.1, 0.15) is 24.9 Å². The lowest BCUT2D eigenvalue weighted by Gasteiger charge is -2.18.